The van der Waals surface area contributed by atoms with Crippen LogP contribution in [0.3, 0.4) is 0 Å². The lowest BCUT2D eigenvalue weighted by Gasteiger charge is -2.34. The molecule has 0 atom stereocenters. The Morgan fingerprint density at radius 3 is 2.33 bits per heavy atom. The van der Waals surface area contributed by atoms with E-state index in [1.165, 1.54) is 0 Å². The van der Waals surface area contributed by atoms with Gasteiger partial charge in [0.25, 0.3) is 0 Å². The zero-order valence-corrected chi connectivity index (χ0v) is 17.1. The second-order valence-electron chi connectivity index (χ2n) is 6.74. The molecule has 0 aliphatic carbocycles. The summed E-state index contributed by atoms with van der Waals surface area (Å²) in [6.07, 6.45) is 1.19. The van der Waals surface area contributed by atoms with Gasteiger partial charge in [0.05, 0.1) is 24.9 Å². The Morgan fingerprint density at radius 1 is 1.11 bits per heavy atom. The number of ether oxygens (including phenoxy) is 2. The molecule has 27 heavy (non-hydrogen) atoms. The van der Waals surface area contributed by atoms with E-state index in [1.54, 1.807) is 25.6 Å². The van der Waals surface area contributed by atoms with E-state index in [0.717, 1.165) is 60.5 Å². The predicted octanol–water partition coefficient (Wildman–Crippen LogP) is 2.75. The molecule has 1 amide bonds. The normalized spacial score (nSPS) is 15.0. The molecule has 7 heteroatoms. The van der Waals surface area contributed by atoms with Crippen LogP contribution in [0.2, 0.25) is 0 Å². The largest absolute Gasteiger partial charge is 0.497 e. The van der Waals surface area contributed by atoms with Crippen molar-refractivity contribution >= 4 is 17.2 Å². The third-order valence-electron chi connectivity index (χ3n) is 4.82. The van der Waals surface area contributed by atoms with Gasteiger partial charge in [0.2, 0.25) is 5.91 Å². The lowest BCUT2D eigenvalue weighted by Crippen LogP contribution is -2.48. The lowest BCUT2D eigenvalue weighted by molar-refractivity contribution is -0.133. The number of thiazole rings is 1. The Labute approximate surface area is 164 Å². The number of rotatable bonds is 7. The summed E-state index contributed by atoms with van der Waals surface area (Å²) in [6.45, 7) is 6.26. The summed E-state index contributed by atoms with van der Waals surface area (Å²) >= 11 is 1.69. The van der Waals surface area contributed by atoms with E-state index in [2.05, 4.69) is 15.3 Å². The minimum absolute atomic E-state index is 0.209. The van der Waals surface area contributed by atoms with Gasteiger partial charge in [-0.3, -0.25) is 9.69 Å². The first kappa shape index (κ1) is 19.6. The molecule has 1 aliphatic heterocycles. The number of hydrogen-bond donors (Lipinski definition) is 0. The third kappa shape index (κ3) is 5.43. The average molecular weight is 390 g/mol. The topological polar surface area (TPSA) is 54.9 Å². The number of aryl methyl sites for hydroxylation is 2. The number of hydrogen-bond acceptors (Lipinski definition) is 6. The number of nitrogens with zero attached hydrogens (tertiary/aromatic N) is 3. The fourth-order valence-corrected chi connectivity index (χ4v) is 3.89. The molecule has 1 aromatic carbocycles. The summed E-state index contributed by atoms with van der Waals surface area (Å²) in [7, 11) is 3.27. The van der Waals surface area contributed by atoms with Crippen LogP contribution in [0.1, 0.15) is 22.7 Å². The van der Waals surface area contributed by atoms with Crippen molar-refractivity contribution in [2.75, 3.05) is 40.4 Å². The molecular weight excluding hydrogens is 362 g/mol. The summed E-state index contributed by atoms with van der Waals surface area (Å²) in [4.78, 5) is 21.4. The minimum Gasteiger partial charge on any atom is -0.497 e. The molecular formula is C20H27N3O3S. The van der Waals surface area contributed by atoms with Gasteiger partial charge in [-0.15, -0.1) is 11.3 Å². The smallest absolute Gasteiger partial charge is 0.222 e. The molecule has 0 bridgehead atoms. The highest BCUT2D eigenvalue weighted by Crippen LogP contribution is 2.23. The minimum atomic E-state index is 0.209. The predicted molar refractivity (Wildman–Crippen MR) is 107 cm³/mol. The van der Waals surface area contributed by atoms with Gasteiger partial charge in [-0.2, -0.15) is 0 Å². The lowest BCUT2D eigenvalue weighted by atomic mass is 10.1. The van der Waals surface area contributed by atoms with Crippen LogP contribution in [-0.4, -0.2) is 61.1 Å². The highest BCUT2D eigenvalue weighted by atomic mass is 32.1. The van der Waals surface area contributed by atoms with Crippen LogP contribution in [-0.2, 0) is 17.8 Å². The van der Waals surface area contributed by atoms with Crippen LogP contribution in [0.5, 0.6) is 11.5 Å². The van der Waals surface area contributed by atoms with E-state index in [9.17, 15) is 4.79 Å². The molecule has 3 rings (SSSR count). The molecule has 1 fully saturated rings. The maximum atomic E-state index is 12.6. The Hall–Kier alpha value is -2.12. The van der Waals surface area contributed by atoms with Gasteiger partial charge in [0.15, 0.2) is 0 Å². The van der Waals surface area contributed by atoms with Gasteiger partial charge in [-0.1, -0.05) is 0 Å². The van der Waals surface area contributed by atoms with Crippen molar-refractivity contribution in [3.63, 3.8) is 0 Å². The van der Waals surface area contributed by atoms with Gasteiger partial charge in [0.1, 0.15) is 11.5 Å². The third-order valence-corrected chi connectivity index (χ3v) is 5.64. The summed E-state index contributed by atoms with van der Waals surface area (Å²) in [5.41, 5.74) is 2.18. The number of methoxy groups -OCH3 is 2. The standard InChI is InChI=1S/C20H27N3O3S/c1-15-21-17(14-27-15)13-22-6-8-23(9-7-22)20(24)5-4-16-10-18(25-2)12-19(11-16)26-3/h10-12,14H,4-9,13H2,1-3H3. The highest BCUT2D eigenvalue weighted by Gasteiger charge is 2.21. The van der Waals surface area contributed by atoms with Crippen LogP contribution < -0.4 is 9.47 Å². The van der Waals surface area contributed by atoms with E-state index in [-0.39, 0.29) is 5.91 Å². The first-order chi connectivity index (χ1) is 13.1. The summed E-state index contributed by atoms with van der Waals surface area (Å²) < 4.78 is 10.6. The number of carbonyl (C=O) groups excluding carboxylic acids is 1. The van der Waals surface area contributed by atoms with Crippen LogP contribution >= 0.6 is 11.3 Å². The fourth-order valence-electron chi connectivity index (χ4n) is 3.29. The van der Waals surface area contributed by atoms with E-state index in [1.807, 2.05) is 30.0 Å². The van der Waals surface area contributed by atoms with Gasteiger partial charge < -0.3 is 14.4 Å². The Kier molecular flexibility index (Phi) is 6.68. The molecule has 1 aliphatic rings. The maximum Gasteiger partial charge on any atom is 0.222 e. The van der Waals surface area contributed by atoms with E-state index >= 15 is 0 Å². The van der Waals surface area contributed by atoms with Crippen LogP contribution in [0.25, 0.3) is 0 Å². The number of benzene rings is 1. The first-order valence-corrected chi connectivity index (χ1v) is 10.1. The molecule has 0 spiro atoms. The molecule has 2 aromatic rings. The molecule has 1 aromatic heterocycles. The van der Waals surface area contributed by atoms with E-state index in [4.69, 9.17) is 9.47 Å². The van der Waals surface area contributed by atoms with Gasteiger partial charge in [-0.25, -0.2) is 4.98 Å². The average Bonchev–Trinajstić information content (AvgIpc) is 3.11. The van der Waals surface area contributed by atoms with Crippen molar-refractivity contribution < 1.29 is 14.3 Å². The SMILES string of the molecule is COc1cc(CCC(=O)N2CCN(Cc3csc(C)n3)CC2)cc(OC)c1. The number of piperazine rings is 1. The van der Waals surface area contributed by atoms with Crippen LogP contribution in [0.15, 0.2) is 23.6 Å². The van der Waals surface area contributed by atoms with Crippen LogP contribution in [0, 0.1) is 6.92 Å². The zero-order valence-electron chi connectivity index (χ0n) is 16.2. The highest BCUT2D eigenvalue weighted by molar-refractivity contribution is 7.09. The quantitative estimate of drug-likeness (QED) is 0.729. The molecule has 2 heterocycles. The monoisotopic (exact) mass is 389 g/mol. The molecule has 1 saturated heterocycles. The number of carbonyl (C=O) groups is 1. The van der Waals surface area contributed by atoms with Gasteiger partial charge in [-0.05, 0) is 31.0 Å². The summed E-state index contributed by atoms with van der Waals surface area (Å²) in [5.74, 6) is 1.71. The van der Waals surface area contributed by atoms with Crippen molar-refractivity contribution in [3.05, 3.63) is 39.8 Å². The van der Waals surface area contributed by atoms with Gasteiger partial charge >= 0.3 is 0 Å². The summed E-state index contributed by atoms with van der Waals surface area (Å²) in [6, 6.07) is 5.77. The fraction of sp³-hybridized carbons (Fsp3) is 0.500. The molecule has 0 radical (unpaired) electrons. The Bertz CT molecular complexity index is 747. The first-order valence-electron chi connectivity index (χ1n) is 9.20. The van der Waals surface area contributed by atoms with Crippen molar-refractivity contribution in [2.45, 2.75) is 26.3 Å². The number of amides is 1. The maximum absolute atomic E-state index is 12.6. The molecule has 0 unspecified atom stereocenters. The van der Waals surface area contributed by atoms with Crippen molar-refractivity contribution in [3.8, 4) is 11.5 Å². The second-order valence-corrected chi connectivity index (χ2v) is 7.80. The van der Waals surface area contributed by atoms with E-state index in [0.29, 0.717) is 12.8 Å². The van der Waals surface area contributed by atoms with Crippen molar-refractivity contribution in [2.24, 2.45) is 0 Å². The summed E-state index contributed by atoms with van der Waals surface area (Å²) in [5, 5.41) is 3.22. The Balaban J connectivity index is 1.47. The second kappa shape index (κ2) is 9.19. The van der Waals surface area contributed by atoms with Crippen LogP contribution in [0.4, 0.5) is 0 Å². The van der Waals surface area contributed by atoms with Gasteiger partial charge in [0, 0.05) is 50.6 Å². The molecule has 146 valence electrons. The number of aromatic nitrogens is 1. The Morgan fingerprint density at radius 2 is 1.78 bits per heavy atom. The molecule has 0 N–H and O–H groups in total. The molecule has 6 nitrogen and oxygen atoms in total. The van der Waals surface area contributed by atoms with E-state index < -0.39 is 0 Å². The molecule has 0 saturated carbocycles. The van der Waals surface area contributed by atoms with Crippen molar-refractivity contribution in [1.29, 1.82) is 0 Å². The zero-order chi connectivity index (χ0) is 19.2. The van der Waals surface area contributed by atoms with Crippen molar-refractivity contribution in [1.82, 2.24) is 14.8 Å².